The Morgan fingerprint density at radius 2 is 1.94 bits per heavy atom. The van der Waals surface area contributed by atoms with Crippen LogP contribution in [0.2, 0.25) is 0 Å². The fourth-order valence-corrected chi connectivity index (χ4v) is 1.29. The third-order valence-corrected chi connectivity index (χ3v) is 2.14. The highest BCUT2D eigenvalue weighted by molar-refractivity contribution is 6.05. The van der Waals surface area contributed by atoms with Gasteiger partial charge in [0.1, 0.15) is 6.42 Å². The van der Waals surface area contributed by atoms with E-state index < -0.39 is 11.8 Å². The van der Waals surface area contributed by atoms with E-state index >= 15 is 0 Å². The number of methoxy groups -OCH3 is 2. The standard InChI is InChI=1S/C12H12N2O4/c1-17-9-4-3-8(7-10(9)18-2)12(16)14-11(15)5-6-13/h3-4,7H,5H2,1-2H3,(H,14,15,16). The van der Waals surface area contributed by atoms with Crippen molar-refractivity contribution in [2.24, 2.45) is 0 Å². The lowest BCUT2D eigenvalue weighted by atomic mass is 10.2. The highest BCUT2D eigenvalue weighted by Crippen LogP contribution is 2.27. The molecule has 0 aliphatic heterocycles. The van der Waals surface area contributed by atoms with E-state index in [1.807, 2.05) is 0 Å². The number of carbonyl (C=O) groups is 2. The van der Waals surface area contributed by atoms with Crippen LogP contribution in [0.3, 0.4) is 0 Å². The lowest BCUT2D eigenvalue weighted by molar-refractivity contribution is -0.119. The summed E-state index contributed by atoms with van der Waals surface area (Å²) in [5, 5.41) is 10.4. The molecule has 0 spiro atoms. The monoisotopic (exact) mass is 248 g/mol. The predicted molar refractivity (Wildman–Crippen MR) is 62.2 cm³/mol. The number of ether oxygens (including phenoxy) is 2. The molecule has 0 heterocycles. The average Bonchev–Trinajstić information content (AvgIpc) is 2.38. The molecule has 1 rings (SSSR count). The second-order valence-electron chi connectivity index (χ2n) is 3.28. The Balaban J connectivity index is 2.87. The van der Waals surface area contributed by atoms with Crippen molar-refractivity contribution in [3.63, 3.8) is 0 Å². The first kappa shape index (κ1) is 13.5. The van der Waals surface area contributed by atoms with Crippen molar-refractivity contribution in [2.45, 2.75) is 6.42 Å². The van der Waals surface area contributed by atoms with Crippen molar-refractivity contribution in [1.29, 1.82) is 5.26 Å². The van der Waals surface area contributed by atoms with Crippen molar-refractivity contribution < 1.29 is 19.1 Å². The molecule has 0 aliphatic rings. The van der Waals surface area contributed by atoms with E-state index in [0.29, 0.717) is 11.5 Å². The number of hydrogen-bond acceptors (Lipinski definition) is 5. The van der Waals surface area contributed by atoms with E-state index in [2.05, 4.69) is 5.32 Å². The normalized spacial score (nSPS) is 9.17. The zero-order valence-corrected chi connectivity index (χ0v) is 10.0. The van der Waals surface area contributed by atoms with Crippen LogP contribution >= 0.6 is 0 Å². The van der Waals surface area contributed by atoms with E-state index in [9.17, 15) is 9.59 Å². The minimum absolute atomic E-state index is 0.249. The van der Waals surface area contributed by atoms with Gasteiger partial charge in [-0.3, -0.25) is 14.9 Å². The summed E-state index contributed by atoms with van der Waals surface area (Å²) >= 11 is 0. The van der Waals surface area contributed by atoms with Crippen LogP contribution < -0.4 is 14.8 Å². The summed E-state index contributed by atoms with van der Waals surface area (Å²) in [5.74, 6) is -0.358. The van der Waals surface area contributed by atoms with E-state index in [-0.39, 0.29) is 12.0 Å². The quantitative estimate of drug-likeness (QED) is 0.854. The average molecular weight is 248 g/mol. The molecule has 0 bridgehead atoms. The number of hydrogen-bond donors (Lipinski definition) is 1. The minimum atomic E-state index is -0.641. The molecular formula is C12H12N2O4. The summed E-state index contributed by atoms with van der Waals surface area (Å²) in [6, 6.07) is 6.16. The molecule has 94 valence electrons. The van der Waals surface area contributed by atoms with Gasteiger partial charge in [-0.05, 0) is 18.2 Å². The number of nitrogens with one attached hydrogen (secondary N) is 1. The smallest absolute Gasteiger partial charge is 0.258 e. The number of amides is 2. The van der Waals surface area contributed by atoms with Gasteiger partial charge in [0.05, 0.1) is 20.3 Å². The zero-order valence-electron chi connectivity index (χ0n) is 10.0. The molecule has 0 atom stereocenters. The molecule has 1 aromatic carbocycles. The van der Waals surface area contributed by atoms with E-state index in [1.54, 1.807) is 12.1 Å². The lowest BCUT2D eigenvalue weighted by Gasteiger charge is -2.09. The van der Waals surface area contributed by atoms with Crippen LogP contribution in [-0.4, -0.2) is 26.0 Å². The summed E-state index contributed by atoms with van der Waals surface area (Å²) in [6.45, 7) is 0. The number of benzene rings is 1. The van der Waals surface area contributed by atoms with Crippen LogP contribution in [0.25, 0.3) is 0 Å². The van der Waals surface area contributed by atoms with Crippen molar-refractivity contribution in [3.8, 4) is 17.6 Å². The molecular weight excluding hydrogens is 236 g/mol. The van der Waals surface area contributed by atoms with Crippen molar-refractivity contribution in [1.82, 2.24) is 5.32 Å². The van der Waals surface area contributed by atoms with Gasteiger partial charge in [0.25, 0.3) is 5.91 Å². The van der Waals surface area contributed by atoms with Crippen molar-refractivity contribution in [3.05, 3.63) is 23.8 Å². The molecule has 0 aromatic heterocycles. The number of imide groups is 1. The second-order valence-corrected chi connectivity index (χ2v) is 3.28. The molecule has 2 amide bonds. The van der Waals surface area contributed by atoms with Crippen LogP contribution in [0.15, 0.2) is 18.2 Å². The van der Waals surface area contributed by atoms with E-state index in [1.165, 1.54) is 26.4 Å². The Morgan fingerprint density at radius 3 is 2.50 bits per heavy atom. The Kier molecular flexibility index (Phi) is 4.69. The first-order chi connectivity index (χ1) is 8.62. The third-order valence-electron chi connectivity index (χ3n) is 2.14. The van der Waals surface area contributed by atoms with E-state index in [0.717, 1.165) is 0 Å². The summed E-state index contributed by atoms with van der Waals surface area (Å²) in [4.78, 5) is 22.8. The minimum Gasteiger partial charge on any atom is -0.493 e. The molecule has 1 N–H and O–H groups in total. The van der Waals surface area contributed by atoms with Gasteiger partial charge >= 0.3 is 0 Å². The van der Waals surface area contributed by atoms with Gasteiger partial charge in [0.15, 0.2) is 11.5 Å². The maximum Gasteiger partial charge on any atom is 0.258 e. The van der Waals surface area contributed by atoms with Gasteiger partial charge < -0.3 is 9.47 Å². The topological polar surface area (TPSA) is 88.4 Å². The van der Waals surface area contributed by atoms with Gasteiger partial charge in [-0.25, -0.2) is 0 Å². The fraction of sp³-hybridized carbons (Fsp3) is 0.250. The first-order valence-electron chi connectivity index (χ1n) is 5.05. The molecule has 0 saturated heterocycles. The molecule has 0 fully saturated rings. The predicted octanol–water partition coefficient (Wildman–Crippen LogP) is 0.874. The van der Waals surface area contributed by atoms with Crippen LogP contribution in [0.1, 0.15) is 16.8 Å². The molecule has 6 nitrogen and oxygen atoms in total. The molecule has 18 heavy (non-hydrogen) atoms. The zero-order chi connectivity index (χ0) is 13.5. The summed E-state index contributed by atoms with van der Waals surface area (Å²) in [6.07, 6.45) is -0.362. The number of rotatable bonds is 4. The van der Waals surface area contributed by atoms with E-state index in [4.69, 9.17) is 14.7 Å². The highest BCUT2D eigenvalue weighted by Gasteiger charge is 2.13. The van der Waals surface area contributed by atoms with Crippen molar-refractivity contribution in [2.75, 3.05) is 14.2 Å². The number of carbonyl (C=O) groups excluding carboxylic acids is 2. The highest BCUT2D eigenvalue weighted by atomic mass is 16.5. The Morgan fingerprint density at radius 1 is 1.28 bits per heavy atom. The summed E-state index contributed by atoms with van der Waals surface area (Å²) < 4.78 is 10.1. The Labute approximate surface area is 104 Å². The molecule has 6 heteroatoms. The Bertz CT molecular complexity index is 505. The van der Waals surface area contributed by atoms with Gasteiger partial charge in [-0.2, -0.15) is 5.26 Å². The number of nitrogens with zero attached hydrogens (tertiary/aromatic N) is 1. The Hall–Kier alpha value is -2.55. The maximum atomic E-state index is 11.7. The van der Waals surface area contributed by atoms with Gasteiger partial charge in [-0.1, -0.05) is 0 Å². The fourth-order valence-electron chi connectivity index (χ4n) is 1.29. The SMILES string of the molecule is COc1ccc(C(=O)NC(=O)CC#N)cc1OC. The van der Waals surface area contributed by atoms with Gasteiger partial charge in [-0.15, -0.1) is 0 Å². The second kappa shape index (κ2) is 6.25. The van der Waals surface area contributed by atoms with Gasteiger partial charge in [0.2, 0.25) is 5.91 Å². The van der Waals surface area contributed by atoms with Gasteiger partial charge in [0, 0.05) is 5.56 Å². The lowest BCUT2D eigenvalue weighted by Crippen LogP contribution is -2.29. The molecule has 1 aromatic rings. The maximum absolute atomic E-state index is 11.7. The van der Waals surface area contributed by atoms with Crippen LogP contribution in [0.4, 0.5) is 0 Å². The van der Waals surface area contributed by atoms with Crippen LogP contribution in [0.5, 0.6) is 11.5 Å². The number of nitriles is 1. The van der Waals surface area contributed by atoms with Crippen LogP contribution in [-0.2, 0) is 4.79 Å². The largest absolute Gasteiger partial charge is 0.493 e. The molecule has 0 radical (unpaired) electrons. The summed E-state index contributed by atoms with van der Waals surface area (Å²) in [7, 11) is 2.93. The molecule has 0 aliphatic carbocycles. The summed E-state index contributed by atoms with van der Waals surface area (Å²) in [5.41, 5.74) is 0.249. The third kappa shape index (κ3) is 3.22. The first-order valence-corrected chi connectivity index (χ1v) is 5.05. The molecule has 0 saturated carbocycles. The van der Waals surface area contributed by atoms with Crippen LogP contribution in [0, 0.1) is 11.3 Å². The molecule has 0 unspecified atom stereocenters. The van der Waals surface area contributed by atoms with Crippen molar-refractivity contribution >= 4 is 11.8 Å².